The highest BCUT2D eigenvalue weighted by molar-refractivity contribution is 7.14. The number of hydrogen-bond acceptors (Lipinski definition) is 4. The topological polar surface area (TPSA) is 51.2 Å². The Hall–Kier alpha value is -2.50. The van der Waals surface area contributed by atoms with Crippen molar-refractivity contribution in [3.8, 4) is 11.3 Å². The van der Waals surface area contributed by atoms with Crippen molar-refractivity contribution in [3.63, 3.8) is 0 Å². The summed E-state index contributed by atoms with van der Waals surface area (Å²) < 4.78 is 5.09. The van der Waals surface area contributed by atoms with E-state index < -0.39 is 0 Å². The Labute approximate surface area is 145 Å². The van der Waals surface area contributed by atoms with Gasteiger partial charge in [0, 0.05) is 23.6 Å². The maximum absolute atomic E-state index is 12.1. The van der Waals surface area contributed by atoms with Gasteiger partial charge < -0.3 is 4.74 Å². The average molecular weight is 338 g/mol. The maximum atomic E-state index is 12.1. The lowest BCUT2D eigenvalue weighted by Crippen LogP contribution is -2.11. The van der Waals surface area contributed by atoms with Gasteiger partial charge in [0.25, 0.3) is 5.91 Å². The number of carbonyl (C=O) groups excluding carboxylic acids is 1. The molecule has 0 bridgehead atoms. The molecular weight excluding hydrogens is 320 g/mol. The minimum atomic E-state index is -0.147. The number of rotatable bonds is 6. The maximum Gasteiger partial charge on any atom is 0.257 e. The molecule has 24 heavy (non-hydrogen) atoms. The number of aromatic nitrogens is 1. The molecule has 1 N–H and O–H groups in total. The van der Waals surface area contributed by atoms with E-state index in [2.05, 4.69) is 22.4 Å². The van der Waals surface area contributed by atoms with Crippen molar-refractivity contribution < 1.29 is 9.53 Å². The van der Waals surface area contributed by atoms with Crippen molar-refractivity contribution in [2.45, 2.75) is 6.42 Å². The smallest absolute Gasteiger partial charge is 0.257 e. The zero-order valence-corrected chi connectivity index (χ0v) is 14.2. The van der Waals surface area contributed by atoms with Crippen molar-refractivity contribution in [1.82, 2.24) is 4.98 Å². The summed E-state index contributed by atoms with van der Waals surface area (Å²) in [5, 5.41) is 5.39. The van der Waals surface area contributed by atoms with E-state index in [4.69, 9.17) is 4.74 Å². The van der Waals surface area contributed by atoms with Gasteiger partial charge in [-0.15, -0.1) is 11.3 Å². The number of carbonyl (C=O) groups is 1. The Balaban J connectivity index is 1.68. The zero-order valence-electron chi connectivity index (χ0n) is 13.4. The van der Waals surface area contributed by atoms with Gasteiger partial charge in [0.05, 0.1) is 12.3 Å². The molecule has 0 atom stereocenters. The van der Waals surface area contributed by atoms with E-state index in [0.717, 1.165) is 17.7 Å². The molecule has 122 valence electrons. The normalized spacial score (nSPS) is 10.5. The second-order valence-corrected chi connectivity index (χ2v) is 6.16. The fourth-order valence-corrected chi connectivity index (χ4v) is 3.00. The van der Waals surface area contributed by atoms with Crippen molar-refractivity contribution in [1.29, 1.82) is 0 Å². The third kappa shape index (κ3) is 4.07. The molecule has 1 aromatic heterocycles. The Morgan fingerprint density at radius 1 is 1.12 bits per heavy atom. The minimum absolute atomic E-state index is 0.147. The average Bonchev–Trinajstić information content (AvgIpc) is 3.09. The molecule has 4 nitrogen and oxygen atoms in total. The van der Waals surface area contributed by atoms with Crippen LogP contribution in [-0.4, -0.2) is 24.6 Å². The number of hydrogen-bond donors (Lipinski definition) is 1. The van der Waals surface area contributed by atoms with E-state index in [1.54, 1.807) is 19.2 Å². The fourth-order valence-electron chi connectivity index (χ4n) is 2.28. The van der Waals surface area contributed by atoms with Gasteiger partial charge in [-0.3, -0.25) is 10.1 Å². The van der Waals surface area contributed by atoms with Crippen LogP contribution in [0.4, 0.5) is 5.13 Å². The molecule has 0 saturated carbocycles. The van der Waals surface area contributed by atoms with E-state index in [1.165, 1.54) is 16.9 Å². The van der Waals surface area contributed by atoms with Crippen LogP contribution in [0.5, 0.6) is 0 Å². The predicted molar refractivity (Wildman–Crippen MR) is 97.5 cm³/mol. The van der Waals surface area contributed by atoms with Crippen LogP contribution in [0.1, 0.15) is 15.9 Å². The number of amides is 1. The number of nitrogens with one attached hydrogen (secondary N) is 1. The summed E-state index contributed by atoms with van der Waals surface area (Å²) in [6, 6.07) is 17.4. The molecule has 0 spiro atoms. The monoisotopic (exact) mass is 338 g/mol. The van der Waals surface area contributed by atoms with Gasteiger partial charge in [0.1, 0.15) is 0 Å². The number of thiazole rings is 1. The van der Waals surface area contributed by atoms with E-state index in [0.29, 0.717) is 17.3 Å². The van der Waals surface area contributed by atoms with Crippen LogP contribution < -0.4 is 5.32 Å². The summed E-state index contributed by atoms with van der Waals surface area (Å²) >= 11 is 1.42. The summed E-state index contributed by atoms with van der Waals surface area (Å²) in [7, 11) is 1.70. The van der Waals surface area contributed by atoms with Crippen molar-refractivity contribution in [2.24, 2.45) is 0 Å². The van der Waals surface area contributed by atoms with Gasteiger partial charge in [0.2, 0.25) is 0 Å². The summed E-state index contributed by atoms with van der Waals surface area (Å²) in [6.07, 6.45) is 0.895. The lowest BCUT2D eigenvalue weighted by molar-refractivity contribution is 0.102. The van der Waals surface area contributed by atoms with Crippen LogP contribution in [0.25, 0.3) is 11.3 Å². The number of ether oxygens (including phenoxy) is 1. The Morgan fingerprint density at radius 2 is 1.88 bits per heavy atom. The van der Waals surface area contributed by atoms with Crippen LogP contribution >= 0.6 is 11.3 Å². The van der Waals surface area contributed by atoms with Gasteiger partial charge >= 0.3 is 0 Å². The standard InChI is InChI=1S/C19H18N2O2S/c1-23-12-11-14-7-9-15(10-8-14)17-13-24-19(20-17)21-18(22)16-5-3-2-4-6-16/h2-10,13H,11-12H2,1H3,(H,20,21,22). The number of methoxy groups -OCH3 is 1. The molecule has 0 saturated heterocycles. The van der Waals surface area contributed by atoms with Crippen molar-refractivity contribution >= 4 is 22.4 Å². The number of anilines is 1. The zero-order chi connectivity index (χ0) is 16.8. The summed E-state index contributed by atoms with van der Waals surface area (Å²) in [6.45, 7) is 0.714. The Morgan fingerprint density at radius 3 is 2.58 bits per heavy atom. The lowest BCUT2D eigenvalue weighted by atomic mass is 10.1. The second-order valence-electron chi connectivity index (χ2n) is 5.30. The number of nitrogens with zero attached hydrogens (tertiary/aromatic N) is 1. The molecule has 0 radical (unpaired) electrons. The largest absolute Gasteiger partial charge is 0.384 e. The van der Waals surface area contributed by atoms with Crippen LogP contribution in [0.2, 0.25) is 0 Å². The van der Waals surface area contributed by atoms with Crippen LogP contribution in [0.3, 0.4) is 0 Å². The second kappa shape index (κ2) is 7.86. The summed E-state index contributed by atoms with van der Waals surface area (Å²) in [5.41, 5.74) is 3.75. The molecule has 3 rings (SSSR count). The van der Waals surface area contributed by atoms with Gasteiger partial charge in [-0.1, -0.05) is 42.5 Å². The summed E-state index contributed by atoms with van der Waals surface area (Å²) in [5.74, 6) is -0.147. The highest BCUT2D eigenvalue weighted by atomic mass is 32.1. The first-order valence-corrected chi connectivity index (χ1v) is 8.54. The molecule has 0 fully saturated rings. The van der Waals surface area contributed by atoms with Gasteiger partial charge in [0.15, 0.2) is 5.13 Å². The third-order valence-corrected chi connectivity index (χ3v) is 4.36. The van der Waals surface area contributed by atoms with E-state index in [9.17, 15) is 4.79 Å². The predicted octanol–water partition coefficient (Wildman–Crippen LogP) is 4.25. The quantitative estimate of drug-likeness (QED) is 0.731. The molecule has 1 heterocycles. The van der Waals surface area contributed by atoms with Gasteiger partial charge in [-0.2, -0.15) is 0 Å². The van der Waals surface area contributed by atoms with Crippen molar-refractivity contribution in [2.75, 3.05) is 19.0 Å². The summed E-state index contributed by atoms with van der Waals surface area (Å²) in [4.78, 5) is 16.6. The lowest BCUT2D eigenvalue weighted by Gasteiger charge is -2.02. The molecule has 5 heteroatoms. The SMILES string of the molecule is COCCc1ccc(-c2csc(NC(=O)c3ccccc3)n2)cc1. The molecular formula is C19H18N2O2S. The highest BCUT2D eigenvalue weighted by Gasteiger charge is 2.09. The van der Waals surface area contributed by atoms with Crippen LogP contribution in [0.15, 0.2) is 60.0 Å². The first kappa shape index (κ1) is 16.4. The van der Waals surface area contributed by atoms with Crippen LogP contribution in [-0.2, 0) is 11.2 Å². The molecule has 0 aliphatic rings. The van der Waals surface area contributed by atoms with E-state index in [1.807, 2.05) is 35.7 Å². The number of benzene rings is 2. The molecule has 1 amide bonds. The highest BCUT2D eigenvalue weighted by Crippen LogP contribution is 2.25. The van der Waals surface area contributed by atoms with Crippen LogP contribution in [0, 0.1) is 0 Å². The molecule has 0 unspecified atom stereocenters. The van der Waals surface area contributed by atoms with Crippen molar-refractivity contribution in [3.05, 3.63) is 71.1 Å². The first-order valence-electron chi connectivity index (χ1n) is 7.66. The van der Waals surface area contributed by atoms with E-state index >= 15 is 0 Å². The third-order valence-electron chi connectivity index (χ3n) is 3.61. The first-order chi connectivity index (χ1) is 11.8. The van der Waals surface area contributed by atoms with E-state index in [-0.39, 0.29) is 5.91 Å². The molecule has 2 aromatic carbocycles. The molecule has 3 aromatic rings. The Kier molecular flexibility index (Phi) is 5.36. The molecule has 0 aliphatic carbocycles. The fraction of sp³-hybridized carbons (Fsp3) is 0.158. The minimum Gasteiger partial charge on any atom is -0.384 e. The Bertz CT molecular complexity index is 798. The van der Waals surface area contributed by atoms with Gasteiger partial charge in [-0.05, 0) is 24.1 Å². The molecule has 0 aliphatic heterocycles. The van der Waals surface area contributed by atoms with Gasteiger partial charge in [-0.25, -0.2) is 4.98 Å².